The second kappa shape index (κ2) is 9.02. The van der Waals surface area contributed by atoms with Crippen LogP contribution in [0.3, 0.4) is 0 Å². The van der Waals surface area contributed by atoms with Crippen LogP contribution in [-0.2, 0) is 19.1 Å². The summed E-state index contributed by atoms with van der Waals surface area (Å²) in [5.41, 5.74) is 4.20. The van der Waals surface area contributed by atoms with E-state index in [-0.39, 0.29) is 11.3 Å². The smallest absolute Gasteiger partial charge is 0.365 e. The predicted molar refractivity (Wildman–Crippen MR) is 135 cm³/mol. The molecule has 192 valence electrons. The number of hydrogen-bond acceptors (Lipinski definition) is 5. The first-order valence-electron chi connectivity index (χ1n) is 11.9. The number of halogens is 3. The lowest BCUT2D eigenvalue weighted by Gasteiger charge is -2.20. The Morgan fingerprint density at radius 1 is 1.11 bits per heavy atom. The summed E-state index contributed by atoms with van der Waals surface area (Å²) in [7, 11) is 0. The minimum atomic E-state index is -4.61. The molecule has 11 heteroatoms. The molecule has 0 bridgehead atoms. The summed E-state index contributed by atoms with van der Waals surface area (Å²) in [4.78, 5) is 27.9. The number of anilines is 2. The Morgan fingerprint density at radius 3 is 2.76 bits per heavy atom. The zero-order valence-electron chi connectivity index (χ0n) is 20.3. The largest absolute Gasteiger partial charge is 0.416 e. The van der Waals surface area contributed by atoms with Gasteiger partial charge in [0.15, 0.2) is 5.65 Å². The first-order valence-corrected chi connectivity index (χ1v) is 11.9. The summed E-state index contributed by atoms with van der Waals surface area (Å²) in [6.45, 7) is 3.14. The second-order valence-electron chi connectivity index (χ2n) is 9.21. The standard InChI is InChI=1S/C27H22F3N7O/c1-17-14-36(16-33-17)22-9-19(8-20(10-22)27(28,29)30)26(38)34-21-3-2-18-4-6-35(24(18)11-21)15-23-12-32-25-13-31-5-7-37(23)25/h2-3,5,7-14,16H,4,6,15H2,1H3,(H,34,38). The Balaban J connectivity index is 1.27. The SMILES string of the molecule is Cc1cn(-c2cc(C(=O)Nc3ccc4c(c3)N(Cc3cnc5cnccn35)CC4)cc(C(F)(F)F)c2)cn1. The minimum absolute atomic E-state index is 0.0992. The first-order chi connectivity index (χ1) is 18.2. The number of fused-ring (bicyclic) bond motifs is 2. The van der Waals surface area contributed by atoms with Crippen molar-refractivity contribution >= 4 is 22.9 Å². The molecule has 3 aromatic heterocycles. The number of aryl methyl sites for hydroxylation is 1. The Kier molecular flexibility index (Phi) is 5.63. The summed E-state index contributed by atoms with van der Waals surface area (Å²) in [5, 5.41) is 2.78. The van der Waals surface area contributed by atoms with Crippen LogP contribution in [0.1, 0.15) is 32.9 Å². The molecule has 1 aliphatic heterocycles. The normalized spacial score (nSPS) is 13.2. The molecule has 8 nitrogen and oxygen atoms in total. The first kappa shape index (κ1) is 23.7. The van der Waals surface area contributed by atoms with Crippen LogP contribution in [-0.4, -0.2) is 36.4 Å². The van der Waals surface area contributed by atoms with Crippen molar-refractivity contribution in [3.05, 3.63) is 102 Å². The van der Waals surface area contributed by atoms with Gasteiger partial charge in [0, 0.05) is 47.8 Å². The van der Waals surface area contributed by atoms with Crippen molar-refractivity contribution in [2.75, 3.05) is 16.8 Å². The summed E-state index contributed by atoms with van der Waals surface area (Å²) in [6.07, 6.45) is 6.34. The van der Waals surface area contributed by atoms with Crippen molar-refractivity contribution in [2.24, 2.45) is 0 Å². The summed E-state index contributed by atoms with van der Waals surface area (Å²) in [6, 6.07) is 8.86. The van der Waals surface area contributed by atoms with Gasteiger partial charge >= 0.3 is 6.18 Å². The fraction of sp³-hybridized carbons (Fsp3) is 0.185. The average Bonchev–Trinajstić information content (AvgIpc) is 3.62. The molecule has 0 unspecified atom stereocenters. The molecule has 0 spiro atoms. The van der Waals surface area contributed by atoms with Crippen molar-refractivity contribution in [2.45, 2.75) is 26.1 Å². The van der Waals surface area contributed by atoms with Crippen LogP contribution in [0.2, 0.25) is 0 Å². The van der Waals surface area contributed by atoms with Gasteiger partial charge in [-0.1, -0.05) is 6.07 Å². The Labute approximate surface area is 215 Å². The van der Waals surface area contributed by atoms with Gasteiger partial charge < -0.3 is 14.8 Å². The molecule has 1 aliphatic rings. The minimum Gasteiger partial charge on any atom is -0.365 e. The van der Waals surface area contributed by atoms with Gasteiger partial charge in [-0.2, -0.15) is 13.2 Å². The number of alkyl halides is 3. The molecule has 0 fully saturated rings. The van der Waals surface area contributed by atoms with Crippen LogP contribution in [0, 0.1) is 6.92 Å². The Morgan fingerprint density at radius 2 is 1.97 bits per heavy atom. The van der Waals surface area contributed by atoms with Gasteiger partial charge in [0.1, 0.15) is 0 Å². The Bertz CT molecular complexity index is 1670. The lowest BCUT2D eigenvalue weighted by atomic mass is 10.1. The fourth-order valence-electron chi connectivity index (χ4n) is 4.72. The molecule has 1 amide bonds. The molecule has 0 atom stereocenters. The summed E-state index contributed by atoms with van der Waals surface area (Å²) >= 11 is 0. The van der Waals surface area contributed by atoms with Crippen molar-refractivity contribution in [1.82, 2.24) is 23.9 Å². The van der Waals surface area contributed by atoms with Crippen LogP contribution >= 0.6 is 0 Å². The van der Waals surface area contributed by atoms with Crippen LogP contribution in [0.25, 0.3) is 11.3 Å². The topological polar surface area (TPSA) is 80.4 Å². The monoisotopic (exact) mass is 517 g/mol. The maximum absolute atomic E-state index is 13.6. The molecule has 4 heterocycles. The maximum atomic E-state index is 13.6. The highest BCUT2D eigenvalue weighted by Gasteiger charge is 2.32. The molecule has 6 rings (SSSR count). The van der Waals surface area contributed by atoms with E-state index in [1.54, 1.807) is 31.6 Å². The van der Waals surface area contributed by atoms with Crippen molar-refractivity contribution in [3.63, 3.8) is 0 Å². The molecule has 1 N–H and O–H groups in total. The zero-order valence-corrected chi connectivity index (χ0v) is 20.3. The summed E-state index contributed by atoms with van der Waals surface area (Å²) in [5.74, 6) is -0.632. The molecule has 2 aromatic carbocycles. The average molecular weight is 518 g/mol. The lowest BCUT2D eigenvalue weighted by Crippen LogP contribution is -2.21. The van der Waals surface area contributed by atoms with E-state index in [9.17, 15) is 18.0 Å². The van der Waals surface area contributed by atoms with Gasteiger partial charge in [0.05, 0.1) is 42.2 Å². The van der Waals surface area contributed by atoms with Crippen LogP contribution in [0.15, 0.2) is 73.7 Å². The highest BCUT2D eigenvalue weighted by atomic mass is 19.4. The maximum Gasteiger partial charge on any atom is 0.416 e. The predicted octanol–water partition coefficient (Wildman–Crippen LogP) is 5.06. The number of nitrogens with one attached hydrogen (secondary N) is 1. The molecular weight excluding hydrogens is 495 g/mol. The number of hydrogen-bond donors (Lipinski definition) is 1. The third-order valence-corrected chi connectivity index (χ3v) is 6.60. The number of rotatable bonds is 5. The van der Waals surface area contributed by atoms with Gasteiger partial charge in [-0.3, -0.25) is 14.2 Å². The molecule has 38 heavy (non-hydrogen) atoms. The molecule has 0 aliphatic carbocycles. The molecule has 5 aromatic rings. The van der Waals surface area contributed by atoms with Gasteiger partial charge in [-0.15, -0.1) is 0 Å². The van der Waals surface area contributed by atoms with E-state index in [2.05, 4.69) is 25.2 Å². The molecule has 0 saturated carbocycles. The van der Waals surface area contributed by atoms with Gasteiger partial charge in [0.2, 0.25) is 0 Å². The number of benzene rings is 2. The number of carbonyl (C=O) groups excluding carboxylic acids is 1. The van der Waals surface area contributed by atoms with E-state index < -0.39 is 17.6 Å². The third kappa shape index (κ3) is 4.47. The van der Waals surface area contributed by atoms with E-state index >= 15 is 0 Å². The molecule has 0 radical (unpaired) electrons. The van der Waals surface area contributed by atoms with Crippen LogP contribution < -0.4 is 10.2 Å². The van der Waals surface area contributed by atoms with Gasteiger partial charge in [-0.05, 0) is 49.2 Å². The van der Waals surface area contributed by atoms with Crippen LogP contribution in [0.5, 0.6) is 0 Å². The third-order valence-electron chi connectivity index (χ3n) is 6.60. The van der Waals surface area contributed by atoms with E-state index in [0.29, 0.717) is 17.9 Å². The second-order valence-corrected chi connectivity index (χ2v) is 9.21. The quantitative estimate of drug-likeness (QED) is 0.353. The molecule has 0 saturated heterocycles. The lowest BCUT2D eigenvalue weighted by molar-refractivity contribution is -0.137. The van der Waals surface area contributed by atoms with Gasteiger partial charge in [-0.25, -0.2) is 9.97 Å². The van der Waals surface area contributed by atoms with E-state index in [1.165, 1.54) is 17.0 Å². The van der Waals surface area contributed by atoms with Gasteiger partial charge in [0.25, 0.3) is 5.91 Å². The number of aromatic nitrogens is 5. The van der Waals surface area contributed by atoms with Crippen molar-refractivity contribution in [3.8, 4) is 5.69 Å². The van der Waals surface area contributed by atoms with Crippen LogP contribution in [0.4, 0.5) is 24.5 Å². The Hall–Kier alpha value is -4.67. The zero-order chi connectivity index (χ0) is 26.4. The molecular formula is C27H22F3N7O. The van der Waals surface area contributed by atoms with E-state index in [1.807, 2.05) is 28.9 Å². The highest BCUT2D eigenvalue weighted by molar-refractivity contribution is 6.05. The van der Waals surface area contributed by atoms with Crippen molar-refractivity contribution < 1.29 is 18.0 Å². The van der Waals surface area contributed by atoms with Crippen molar-refractivity contribution in [1.29, 1.82) is 0 Å². The van der Waals surface area contributed by atoms with E-state index in [0.717, 1.165) is 47.7 Å². The number of carbonyl (C=O) groups is 1. The summed E-state index contributed by atoms with van der Waals surface area (Å²) < 4.78 is 44.3. The number of nitrogens with zero attached hydrogens (tertiary/aromatic N) is 6. The fourth-order valence-corrected chi connectivity index (χ4v) is 4.72. The number of imidazole rings is 2. The number of amides is 1. The van der Waals surface area contributed by atoms with E-state index in [4.69, 9.17) is 0 Å². The highest BCUT2D eigenvalue weighted by Crippen LogP contribution is 2.34.